The van der Waals surface area contributed by atoms with Gasteiger partial charge in [-0.2, -0.15) is 0 Å². The number of hydrogen-bond donors (Lipinski definition) is 1. The van der Waals surface area contributed by atoms with Crippen LogP contribution in [0.25, 0.3) is 0 Å². The maximum atomic E-state index is 12.2. The van der Waals surface area contributed by atoms with Crippen LogP contribution in [0, 0.1) is 0 Å². The van der Waals surface area contributed by atoms with Crippen molar-refractivity contribution in [3.05, 3.63) is 28.2 Å². The predicted molar refractivity (Wildman–Crippen MR) is 88.8 cm³/mol. The van der Waals surface area contributed by atoms with E-state index in [-0.39, 0.29) is 39.5 Å². The zero-order valence-corrected chi connectivity index (χ0v) is 15.3. The van der Waals surface area contributed by atoms with Crippen LogP contribution in [0.1, 0.15) is 27.7 Å². The molecule has 0 aliphatic carbocycles. The van der Waals surface area contributed by atoms with Crippen molar-refractivity contribution in [2.45, 2.75) is 38.1 Å². The lowest BCUT2D eigenvalue weighted by molar-refractivity contribution is -0.133. The van der Waals surface area contributed by atoms with E-state index < -0.39 is 10.0 Å². The summed E-state index contributed by atoms with van der Waals surface area (Å²) in [5.74, 6) is -0.110. The fourth-order valence-electron chi connectivity index (χ4n) is 1.98. The average molecular weight is 367 g/mol. The minimum Gasteiger partial charge on any atom is -0.337 e. The molecule has 0 aliphatic rings. The molecular formula is C14H20Cl2N2O3S. The quantitative estimate of drug-likeness (QED) is 0.870. The summed E-state index contributed by atoms with van der Waals surface area (Å²) >= 11 is 11.6. The summed E-state index contributed by atoms with van der Waals surface area (Å²) in [5.41, 5.74) is -0.374. The van der Waals surface area contributed by atoms with Gasteiger partial charge >= 0.3 is 0 Å². The first-order valence-corrected chi connectivity index (χ1v) is 8.92. The Bertz CT molecular complexity index is 655. The van der Waals surface area contributed by atoms with Gasteiger partial charge in [0.1, 0.15) is 0 Å². The number of nitrogens with zero attached hydrogens (tertiary/aromatic N) is 1. The van der Waals surface area contributed by atoms with Crippen LogP contribution in [0.2, 0.25) is 10.0 Å². The Morgan fingerprint density at radius 3 is 2.27 bits per heavy atom. The monoisotopic (exact) mass is 366 g/mol. The smallest absolute Gasteiger partial charge is 0.240 e. The van der Waals surface area contributed by atoms with Crippen LogP contribution >= 0.6 is 23.2 Å². The Balaban J connectivity index is 2.78. The Morgan fingerprint density at radius 1 is 1.23 bits per heavy atom. The molecule has 1 aromatic rings. The second-order valence-corrected chi connectivity index (χ2v) is 8.40. The molecule has 0 aliphatic heterocycles. The summed E-state index contributed by atoms with van der Waals surface area (Å²) in [6.45, 7) is 7.52. The van der Waals surface area contributed by atoms with Gasteiger partial charge < -0.3 is 4.90 Å². The second-order valence-electron chi connectivity index (χ2n) is 5.82. The van der Waals surface area contributed by atoms with Crippen LogP contribution < -0.4 is 4.72 Å². The van der Waals surface area contributed by atoms with Crippen molar-refractivity contribution in [2.24, 2.45) is 0 Å². The predicted octanol–water partition coefficient (Wildman–Crippen LogP) is 2.92. The van der Waals surface area contributed by atoms with Crippen LogP contribution in [-0.2, 0) is 14.8 Å². The van der Waals surface area contributed by atoms with Crippen LogP contribution in [0.15, 0.2) is 23.1 Å². The van der Waals surface area contributed by atoms with E-state index in [4.69, 9.17) is 23.2 Å². The summed E-state index contributed by atoms with van der Waals surface area (Å²) in [6, 6.07) is 4.09. The lowest BCUT2D eigenvalue weighted by atomic mass is 10.1. The molecule has 0 saturated heterocycles. The van der Waals surface area contributed by atoms with Crippen LogP contribution in [0.3, 0.4) is 0 Å². The topological polar surface area (TPSA) is 66.5 Å². The van der Waals surface area contributed by atoms with E-state index in [0.29, 0.717) is 0 Å². The Kier molecular flexibility index (Phi) is 6.27. The summed E-state index contributed by atoms with van der Waals surface area (Å²) in [6.07, 6.45) is 0. The van der Waals surface area contributed by atoms with Gasteiger partial charge in [-0.1, -0.05) is 23.2 Å². The Labute approximate surface area is 141 Å². The third-order valence-corrected chi connectivity index (χ3v) is 5.22. The molecule has 0 bridgehead atoms. The maximum absolute atomic E-state index is 12.2. The van der Waals surface area contributed by atoms with Gasteiger partial charge in [0.15, 0.2) is 0 Å². The van der Waals surface area contributed by atoms with Crippen molar-refractivity contribution < 1.29 is 13.2 Å². The lowest BCUT2D eigenvalue weighted by Crippen LogP contribution is -2.48. The van der Waals surface area contributed by atoms with E-state index in [1.807, 2.05) is 20.8 Å². The number of carbonyl (C=O) groups is 1. The van der Waals surface area contributed by atoms with E-state index in [1.165, 1.54) is 25.1 Å². The number of sulfonamides is 1. The molecule has 124 valence electrons. The molecule has 0 unspecified atom stereocenters. The molecular weight excluding hydrogens is 347 g/mol. The fourth-order valence-corrected chi connectivity index (χ4v) is 3.39. The maximum Gasteiger partial charge on any atom is 0.240 e. The van der Waals surface area contributed by atoms with Crippen LogP contribution in [0.5, 0.6) is 0 Å². The number of nitrogens with one attached hydrogen (secondary N) is 1. The highest BCUT2D eigenvalue weighted by molar-refractivity contribution is 7.89. The zero-order chi connectivity index (χ0) is 17.1. The molecule has 1 aromatic carbocycles. The van der Waals surface area contributed by atoms with Gasteiger partial charge in [-0.3, -0.25) is 4.79 Å². The van der Waals surface area contributed by atoms with Crippen molar-refractivity contribution in [1.29, 1.82) is 0 Å². The number of hydrogen-bond acceptors (Lipinski definition) is 3. The molecule has 0 spiro atoms. The molecule has 0 fully saturated rings. The van der Waals surface area contributed by atoms with Crippen LogP contribution in [-0.4, -0.2) is 37.9 Å². The minimum atomic E-state index is -3.70. The summed E-state index contributed by atoms with van der Waals surface area (Å²) < 4.78 is 26.8. The Morgan fingerprint density at radius 2 is 1.82 bits per heavy atom. The molecule has 1 rings (SSSR count). The lowest BCUT2D eigenvalue weighted by Gasteiger charge is -2.35. The van der Waals surface area contributed by atoms with Crippen molar-refractivity contribution in [2.75, 3.05) is 13.1 Å². The van der Waals surface area contributed by atoms with Crippen LogP contribution in [0.4, 0.5) is 0 Å². The third-order valence-electron chi connectivity index (χ3n) is 3.02. The molecule has 22 heavy (non-hydrogen) atoms. The highest BCUT2D eigenvalue weighted by Gasteiger charge is 2.24. The standard InChI is InChI=1S/C14H20Cl2N2O3S/c1-10(19)18(14(2,3)4)8-7-17-22(20,21)11-5-6-12(15)13(16)9-11/h5-6,9,17H,7-8H2,1-4H3. The Hall–Kier alpha value is -0.820. The van der Waals surface area contributed by atoms with E-state index >= 15 is 0 Å². The molecule has 1 amide bonds. The van der Waals surface area contributed by atoms with Crippen molar-refractivity contribution in [3.8, 4) is 0 Å². The van der Waals surface area contributed by atoms with Gasteiger partial charge in [0.05, 0.1) is 14.9 Å². The van der Waals surface area contributed by atoms with Gasteiger partial charge in [0.25, 0.3) is 0 Å². The van der Waals surface area contributed by atoms with Gasteiger partial charge in [0, 0.05) is 25.6 Å². The molecule has 8 heteroatoms. The first-order valence-electron chi connectivity index (χ1n) is 6.68. The SMILES string of the molecule is CC(=O)N(CCNS(=O)(=O)c1ccc(Cl)c(Cl)c1)C(C)(C)C. The summed E-state index contributed by atoms with van der Waals surface area (Å²) in [7, 11) is -3.70. The van der Waals surface area contributed by atoms with Gasteiger partial charge in [-0.05, 0) is 39.0 Å². The van der Waals surface area contributed by atoms with Crippen molar-refractivity contribution >= 4 is 39.1 Å². The largest absolute Gasteiger partial charge is 0.337 e. The molecule has 0 heterocycles. The van der Waals surface area contributed by atoms with E-state index in [9.17, 15) is 13.2 Å². The molecule has 0 saturated carbocycles. The molecule has 0 aromatic heterocycles. The highest BCUT2D eigenvalue weighted by atomic mass is 35.5. The normalized spacial score (nSPS) is 12.3. The van der Waals surface area contributed by atoms with E-state index in [2.05, 4.69) is 4.72 Å². The third kappa shape index (κ3) is 5.12. The average Bonchev–Trinajstić information content (AvgIpc) is 2.35. The van der Waals surface area contributed by atoms with E-state index in [1.54, 1.807) is 4.90 Å². The number of halogens is 2. The zero-order valence-electron chi connectivity index (χ0n) is 13.0. The molecule has 1 N–H and O–H groups in total. The summed E-state index contributed by atoms with van der Waals surface area (Å²) in [4.78, 5) is 13.3. The number of benzene rings is 1. The molecule has 0 atom stereocenters. The first kappa shape index (κ1) is 19.2. The van der Waals surface area contributed by atoms with Crippen molar-refractivity contribution in [3.63, 3.8) is 0 Å². The number of carbonyl (C=O) groups excluding carboxylic acids is 1. The highest BCUT2D eigenvalue weighted by Crippen LogP contribution is 2.24. The molecule has 0 radical (unpaired) electrons. The minimum absolute atomic E-state index is 0.0343. The summed E-state index contributed by atoms with van der Waals surface area (Å²) in [5, 5.41) is 0.459. The van der Waals surface area contributed by atoms with Gasteiger partial charge in [-0.15, -0.1) is 0 Å². The second kappa shape index (κ2) is 7.17. The van der Waals surface area contributed by atoms with E-state index in [0.717, 1.165) is 0 Å². The number of rotatable bonds is 5. The molecule has 5 nitrogen and oxygen atoms in total. The van der Waals surface area contributed by atoms with Gasteiger partial charge in [-0.25, -0.2) is 13.1 Å². The number of amides is 1. The van der Waals surface area contributed by atoms with Crippen molar-refractivity contribution in [1.82, 2.24) is 9.62 Å². The first-order chi connectivity index (χ1) is 9.95. The van der Waals surface area contributed by atoms with Gasteiger partial charge in [0.2, 0.25) is 15.9 Å². The fraction of sp³-hybridized carbons (Fsp3) is 0.500.